The number of aromatic carboxylic acids is 1. The molecule has 1 fully saturated rings. The van der Waals surface area contributed by atoms with Crippen LogP contribution in [0.3, 0.4) is 0 Å². The van der Waals surface area contributed by atoms with E-state index in [1.165, 1.54) is 5.56 Å². The Morgan fingerprint density at radius 1 is 1.23 bits per heavy atom. The summed E-state index contributed by atoms with van der Waals surface area (Å²) in [6.07, 6.45) is 2.19. The first-order chi connectivity index (χ1) is 10.6. The number of carboxylic acids is 1. The molecule has 4 nitrogen and oxygen atoms in total. The third kappa shape index (κ3) is 2.97. The first kappa shape index (κ1) is 14.6. The molecule has 0 radical (unpaired) electrons. The molecule has 0 unspecified atom stereocenters. The predicted molar refractivity (Wildman–Crippen MR) is 84.1 cm³/mol. The molecule has 2 N–H and O–H groups in total. The zero-order chi connectivity index (χ0) is 15.6. The van der Waals surface area contributed by atoms with Crippen molar-refractivity contribution in [3.63, 3.8) is 0 Å². The average molecular weight is 297 g/mol. The maximum Gasteiger partial charge on any atom is 0.335 e. The summed E-state index contributed by atoms with van der Waals surface area (Å²) in [4.78, 5) is 11.0. The van der Waals surface area contributed by atoms with Crippen LogP contribution < -0.4 is 10.1 Å². The lowest BCUT2D eigenvalue weighted by Gasteiger charge is -2.18. The van der Waals surface area contributed by atoms with Crippen molar-refractivity contribution in [2.24, 2.45) is 0 Å². The zero-order valence-corrected chi connectivity index (χ0v) is 12.5. The Balaban J connectivity index is 1.70. The number of benzene rings is 2. The molecular weight excluding hydrogens is 278 g/mol. The van der Waals surface area contributed by atoms with Crippen LogP contribution >= 0.6 is 0 Å². The summed E-state index contributed by atoms with van der Waals surface area (Å²) in [7, 11) is 1.66. The van der Waals surface area contributed by atoms with Gasteiger partial charge >= 0.3 is 5.97 Å². The van der Waals surface area contributed by atoms with Crippen LogP contribution in [-0.4, -0.2) is 18.2 Å². The van der Waals surface area contributed by atoms with Gasteiger partial charge in [0.05, 0.1) is 12.7 Å². The number of hydrogen-bond acceptors (Lipinski definition) is 3. The lowest BCUT2D eigenvalue weighted by molar-refractivity contribution is 0.0696. The van der Waals surface area contributed by atoms with Gasteiger partial charge in [0.15, 0.2) is 0 Å². The average Bonchev–Trinajstić information content (AvgIpc) is 3.34. The zero-order valence-electron chi connectivity index (χ0n) is 12.5. The van der Waals surface area contributed by atoms with Crippen LogP contribution in [-0.2, 0) is 12.1 Å². The second kappa shape index (κ2) is 5.81. The fraction of sp³-hybridized carbons (Fsp3) is 0.278. The highest BCUT2D eigenvalue weighted by Crippen LogP contribution is 2.46. The van der Waals surface area contributed by atoms with E-state index in [0.717, 1.165) is 24.2 Å². The summed E-state index contributed by atoms with van der Waals surface area (Å²) in [5.41, 5.74) is 2.59. The summed E-state index contributed by atoms with van der Waals surface area (Å²) in [5.74, 6) is -0.0353. The van der Waals surface area contributed by atoms with Crippen molar-refractivity contribution in [3.8, 4) is 5.75 Å². The van der Waals surface area contributed by atoms with Gasteiger partial charge in [-0.1, -0.05) is 24.3 Å². The smallest absolute Gasteiger partial charge is 0.335 e. The second-order valence-corrected chi connectivity index (χ2v) is 5.67. The van der Waals surface area contributed by atoms with Gasteiger partial charge < -0.3 is 15.2 Å². The molecule has 3 rings (SSSR count). The number of carboxylic acid groups (broad SMARTS) is 1. The van der Waals surface area contributed by atoms with E-state index in [4.69, 9.17) is 9.84 Å². The minimum Gasteiger partial charge on any atom is -0.497 e. The van der Waals surface area contributed by atoms with Crippen molar-refractivity contribution in [1.29, 1.82) is 0 Å². The van der Waals surface area contributed by atoms with Gasteiger partial charge in [0.2, 0.25) is 0 Å². The monoisotopic (exact) mass is 297 g/mol. The van der Waals surface area contributed by atoms with Gasteiger partial charge in [0, 0.05) is 12.1 Å². The summed E-state index contributed by atoms with van der Waals surface area (Å²) < 4.78 is 5.19. The number of nitrogens with one attached hydrogen (secondary N) is 1. The normalized spacial score (nSPS) is 15.3. The Morgan fingerprint density at radius 3 is 2.55 bits per heavy atom. The number of carbonyl (C=O) groups is 1. The molecule has 2 aromatic rings. The molecule has 114 valence electrons. The van der Waals surface area contributed by atoms with Crippen LogP contribution in [0.2, 0.25) is 0 Å². The largest absolute Gasteiger partial charge is 0.497 e. The molecule has 1 aliphatic carbocycles. The summed E-state index contributed by atoms with van der Waals surface area (Å²) >= 11 is 0. The number of rotatable bonds is 6. The van der Waals surface area contributed by atoms with E-state index in [-0.39, 0.29) is 5.54 Å². The topological polar surface area (TPSA) is 58.6 Å². The van der Waals surface area contributed by atoms with Gasteiger partial charge in [-0.25, -0.2) is 4.79 Å². The number of ether oxygens (including phenoxy) is 1. The molecule has 0 aromatic heterocycles. The van der Waals surface area contributed by atoms with Gasteiger partial charge in [-0.2, -0.15) is 0 Å². The fourth-order valence-corrected chi connectivity index (χ4v) is 2.69. The Morgan fingerprint density at radius 2 is 1.95 bits per heavy atom. The minimum absolute atomic E-state index is 0.0193. The van der Waals surface area contributed by atoms with Crippen LogP contribution in [0.25, 0.3) is 0 Å². The predicted octanol–water partition coefficient (Wildman–Crippen LogP) is 3.17. The van der Waals surface area contributed by atoms with Crippen molar-refractivity contribution in [2.75, 3.05) is 7.11 Å². The Labute approximate surface area is 129 Å². The molecule has 0 atom stereocenters. The fourth-order valence-electron chi connectivity index (χ4n) is 2.69. The first-order valence-electron chi connectivity index (χ1n) is 7.35. The number of hydrogen-bond donors (Lipinski definition) is 2. The lowest BCUT2D eigenvalue weighted by atomic mass is 10.0. The van der Waals surface area contributed by atoms with E-state index in [9.17, 15) is 4.79 Å². The quantitative estimate of drug-likeness (QED) is 0.860. The van der Waals surface area contributed by atoms with Crippen molar-refractivity contribution >= 4 is 5.97 Å². The van der Waals surface area contributed by atoms with Gasteiger partial charge in [0.1, 0.15) is 5.75 Å². The van der Waals surface area contributed by atoms with E-state index in [0.29, 0.717) is 12.1 Å². The maximum atomic E-state index is 11.0. The van der Waals surface area contributed by atoms with Gasteiger partial charge in [-0.3, -0.25) is 0 Å². The van der Waals surface area contributed by atoms with Crippen LogP contribution in [0.5, 0.6) is 5.75 Å². The van der Waals surface area contributed by atoms with Crippen molar-refractivity contribution in [2.45, 2.75) is 24.9 Å². The SMILES string of the molecule is COc1ccc(C2(NCc3cccc(C(=O)O)c3)CC2)cc1. The first-order valence-corrected chi connectivity index (χ1v) is 7.35. The molecular formula is C18H19NO3. The molecule has 0 heterocycles. The minimum atomic E-state index is -0.891. The third-order valence-electron chi connectivity index (χ3n) is 4.20. The van der Waals surface area contributed by atoms with Crippen LogP contribution in [0, 0.1) is 0 Å². The van der Waals surface area contributed by atoms with Gasteiger partial charge in [-0.05, 0) is 48.2 Å². The molecule has 0 bridgehead atoms. The van der Waals surface area contributed by atoms with Crippen molar-refractivity contribution in [1.82, 2.24) is 5.32 Å². The Hall–Kier alpha value is -2.33. The summed E-state index contributed by atoms with van der Waals surface area (Å²) in [6.45, 7) is 0.660. The van der Waals surface area contributed by atoms with Crippen molar-refractivity contribution in [3.05, 3.63) is 65.2 Å². The molecule has 0 saturated heterocycles. The van der Waals surface area contributed by atoms with Gasteiger partial charge in [-0.15, -0.1) is 0 Å². The molecule has 0 spiro atoms. The lowest BCUT2D eigenvalue weighted by Crippen LogP contribution is -2.28. The molecule has 1 aliphatic rings. The Bertz CT molecular complexity index is 675. The second-order valence-electron chi connectivity index (χ2n) is 5.67. The van der Waals surface area contributed by atoms with E-state index in [1.54, 1.807) is 25.3 Å². The van der Waals surface area contributed by atoms with Crippen LogP contribution in [0.1, 0.15) is 34.3 Å². The number of methoxy groups -OCH3 is 1. The highest BCUT2D eigenvalue weighted by molar-refractivity contribution is 5.87. The summed E-state index contributed by atoms with van der Waals surface area (Å²) in [5, 5.41) is 12.6. The molecule has 1 saturated carbocycles. The van der Waals surface area contributed by atoms with Crippen LogP contribution in [0.15, 0.2) is 48.5 Å². The van der Waals surface area contributed by atoms with Crippen LogP contribution in [0.4, 0.5) is 0 Å². The van der Waals surface area contributed by atoms with E-state index in [2.05, 4.69) is 17.4 Å². The maximum absolute atomic E-state index is 11.0. The summed E-state index contributed by atoms with van der Waals surface area (Å²) in [6, 6.07) is 15.2. The van der Waals surface area contributed by atoms with E-state index >= 15 is 0 Å². The molecule has 2 aromatic carbocycles. The van der Waals surface area contributed by atoms with Gasteiger partial charge in [0.25, 0.3) is 0 Å². The molecule has 4 heteroatoms. The molecule has 0 amide bonds. The highest BCUT2D eigenvalue weighted by atomic mass is 16.5. The standard InChI is InChI=1S/C18H19NO3/c1-22-16-7-5-15(6-8-16)18(9-10-18)19-12-13-3-2-4-14(11-13)17(20)21/h2-8,11,19H,9-10,12H2,1H3,(H,20,21). The Kier molecular flexibility index (Phi) is 3.86. The molecule has 22 heavy (non-hydrogen) atoms. The van der Waals surface area contributed by atoms with E-state index < -0.39 is 5.97 Å². The highest BCUT2D eigenvalue weighted by Gasteiger charge is 2.43. The third-order valence-corrected chi connectivity index (χ3v) is 4.20. The van der Waals surface area contributed by atoms with Crippen molar-refractivity contribution < 1.29 is 14.6 Å². The molecule has 0 aliphatic heterocycles. The van der Waals surface area contributed by atoms with E-state index in [1.807, 2.05) is 18.2 Å².